The first-order valence-corrected chi connectivity index (χ1v) is 9.53. The molecule has 1 amide bonds. The van der Waals surface area contributed by atoms with Crippen molar-refractivity contribution in [2.75, 3.05) is 13.1 Å². The molecule has 0 saturated carbocycles. The number of hydrogen-bond donors (Lipinski definition) is 1. The molecule has 1 N–H and O–H groups in total. The first kappa shape index (κ1) is 18.8. The third kappa shape index (κ3) is 3.61. The number of piperidine rings is 1. The molecule has 1 aromatic rings. The molecule has 2 unspecified atom stereocenters. The molecule has 1 aliphatic carbocycles. The first-order valence-electron chi connectivity index (χ1n) is 9.53. The second-order valence-electron chi connectivity index (χ2n) is 8.01. The molecule has 4 heteroatoms. The van der Waals surface area contributed by atoms with Gasteiger partial charge in [-0.05, 0) is 74.3 Å². The number of rotatable bonds is 3. The number of likely N-dealkylation sites (tertiary alicyclic amines) is 1. The monoisotopic (exact) mass is 355 g/mol. The Hall–Kier alpha value is -1.94. The summed E-state index contributed by atoms with van der Waals surface area (Å²) < 4.78 is 0. The molecule has 0 radical (unpaired) electrons. The van der Waals surface area contributed by atoms with E-state index in [4.69, 9.17) is 0 Å². The number of aliphatic hydroxyl groups excluding tert-OH is 1. The fourth-order valence-corrected chi connectivity index (χ4v) is 4.67. The minimum atomic E-state index is -0.728. The normalized spacial score (nSPS) is 24.1. The zero-order valence-corrected chi connectivity index (χ0v) is 16.2. The molecule has 140 valence electrons. The molecule has 2 atom stereocenters. The van der Waals surface area contributed by atoms with Crippen LogP contribution in [0, 0.1) is 26.7 Å². The van der Waals surface area contributed by atoms with E-state index in [1.54, 1.807) is 13.0 Å². The van der Waals surface area contributed by atoms with Gasteiger partial charge in [-0.15, -0.1) is 0 Å². The number of carbonyl (C=O) groups excluding carboxylic acids is 2. The van der Waals surface area contributed by atoms with Gasteiger partial charge in [0, 0.05) is 20.0 Å². The Morgan fingerprint density at radius 2 is 1.73 bits per heavy atom. The van der Waals surface area contributed by atoms with Gasteiger partial charge in [0.05, 0.1) is 12.0 Å². The van der Waals surface area contributed by atoms with E-state index >= 15 is 0 Å². The lowest BCUT2D eigenvalue weighted by atomic mass is 9.83. The second kappa shape index (κ2) is 7.36. The van der Waals surface area contributed by atoms with Crippen molar-refractivity contribution >= 4 is 11.7 Å². The van der Waals surface area contributed by atoms with E-state index in [1.165, 1.54) is 5.56 Å². The van der Waals surface area contributed by atoms with Gasteiger partial charge in [0.25, 0.3) is 0 Å². The standard InChI is InChI=1S/C22H29NO3/c1-13-9-14(2)20(15(3)10-13)21-19(25)12-18(22(21)26)11-17-5-7-23(8-6-17)16(4)24/h9-10,12,17,21-22,26H,5-8,11H2,1-4H3. The lowest BCUT2D eigenvalue weighted by Gasteiger charge is -2.32. The molecule has 0 aromatic heterocycles. The Kier molecular flexibility index (Phi) is 5.33. The van der Waals surface area contributed by atoms with E-state index in [2.05, 4.69) is 12.1 Å². The third-order valence-electron chi connectivity index (χ3n) is 5.96. The number of aliphatic hydroxyl groups is 1. The van der Waals surface area contributed by atoms with Crippen LogP contribution in [0.2, 0.25) is 0 Å². The molecule has 26 heavy (non-hydrogen) atoms. The maximum atomic E-state index is 12.7. The van der Waals surface area contributed by atoms with E-state index < -0.39 is 12.0 Å². The summed E-state index contributed by atoms with van der Waals surface area (Å²) in [6, 6.07) is 4.16. The lowest BCUT2D eigenvalue weighted by molar-refractivity contribution is -0.130. The Morgan fingerprint density at radius 1 is 1.15 bits per heavy atom. The summed E-state index contributed by atoms with van der Waals surface area (Å²) in [7, 11) is 0. The number of benzene rings is 1. The highest BCUT2D eigenvalue weighted by molar-refractivity contribution is 6.00. The highest BCUT2D eigenvalue weighted by atomic mass is 16.3. The van der Waals surface area contributed by atoms with Gasteiger partial charge < -0.3 is 10.0 Å². The van der Waals surface area contributed by atoms with E-state index in [0.717, 1.165) is 54.6 Å². The van der Waals surface area contributed by atoms with Crippen LogP contribution in [0.25, 0.3) is 0 Å². The van der Waals surface area contributed by atoms with E-state index in [-0.39, 0.29) is 11.7 Å². The maximum Gasteiger partial charge on any atom is 0.219 e. The van der Waals surface area contributed by atoms with Gasteiger partial charge >= 0.3 is 0 Å². The average Bonchev–Trinajstić information content (AvgIpc) is 2.82. The molecule has 4 nitrogen and oxygen atoms in total. The molecule has 0 spiro atoms. The third-order valence-corrected chi connectivity index (χ3v) is 5.96. The fourth-order valence-electron chi connectivity index (χ4n) is 4.67. The van der Waals surface area contributed by atoms with Crippen LogP contribution in [0.4, 0.5) is 0 Å². The summed E-state index contributed by atoms with van der Waals surface area (Å²) in [5, 5.41) is 10.9. The van der Waals surface area contributed by atoms with Crippen LogP contribution in [-0.4, -0.2) is 40.9 Å². The van der Waals surface area contributed by atoms with Crippen molar-refractivity contribution in [3.8, 4) is 0 Å². The van der Waals surface area contributed by atoms with Crippen molar-refractivity contribution in [1.29, 1.82) is 0 Å². The highest BCUT2D eigenvalue weighted by Crippen LogP contribution is 2.39. The van der Waals surface area contributed by atoms with Crippen LogP contribution in [-0.2, 0) is 9.59 Å². The van der Waals surface area contributed by atoms with Gasteiger partial charge in [0.2, 0.25) is 5.91 Å². The van der Waals surface area contributed by atoms with Crippen molar-refractivity contribution in [1.82, 2.24) is 4.90 Å². The Balaban J connectivity index is 1.72. The highest BCUT2D eigenvalue weighted by Gasteiger charge is 2.38. The summed E-state index contributed by atoms with van der Waals surface area (Å²) in [5.41, 5.74) is 5.16. The molecule has 1 heterocycles. The van der Waals surface area contributed by atoms with E-state index in [1.807, 2.05) is 25.7 Å². The van der Waals surface area contributed by atoms with Crippen LogP contribution >= 0.6 is 0 Å². The number of nitrogens with zero attached hydrogens (tertiary/aromatic N) is 1. The SMILES string of the molecule is CC(=O)N1CCC(CC2=CC(=O)C(c3c(C)cc(C)cc3C)C2O)CC1. The average molecular weight is 355 g/mol. The first-order chi connectivity index (χ1) is 12.3. The van der Waals surface area contributed by atoms with E-state index in [0.29, 0.717) is 5.92 Å². The smallest absolute Gasteiger partial charge is 0.219 e. The lowest BCUT2D eigenvalue weighted by Crippen LogP contribution is -2.37. The van der Waals surface area contributed by atoms with E-state index in [9.17, 15) is 14.7 Å². The van der Waals surface area contributed by atoms with Crippen molar-refractivity contribution in [3.05, 3.63) is 46.0 Å². The number of hydrogen-bond acceptors (Lipinski definition) is 3. The second-order valence-corrected chi connectivity index (χ2v) is 8.01. The molecule has 1 fully saturated rings. The minimum absolute atomic E-state index is 0.0173. The van der Waals surface area contributed by atoms with Gasteiger partial charge in [0.1, 0.15) is 0 Å². The number of aryl methyl sites for hydroxylation is 3. The molecule has 1 aromatic carbocycles. The van der Waals surface area contributed by atoms with Gasteiger partial charge in [-0.25, -0.2) is 0 Å². The van der Waals surface area contributed by atoms with Crippen molar-refractivity contribution < 1.29 is 14.7 Å². The molecular weight excluding hydrogens is 326 g/mol. The van der Waals surface area contributed by atoms with Crippen molar-refractivity contribution in [2.45, 2.75) is 59.0 Å². The van der Waals surface area contributed by atoms with Gasteiger partial charge in [-0.2, -0.15) is 0 Å². The summed E-state index contributed by atoms with van der Waals surface area (Å²) in [6.07, 6.45) is 3.56. The summed E-state index contributed by atoms with van der Waals surface area (Å²) in [6.45, 7) is 9.25. The quantitative estimate of drug-likeness (QED) is 0.906. The predicted octanol–water partition coefficient (Wildman–Crippen LogP) is 3.21. The van der Waals surface area contributed by atoms with Crippen LogP contribution in [0.15, 0.2) is 23.8 Å². The summed E-state index contributed by atoms with van der Waals surface area (Å²) >= 11 is 0. The Morgan fingerprint density at radius 3 is 2.27 bits per heavy atom. The molecule has 2 aliphatic rings. The molecule has 1 saturated heterocycles. The Labute approximate surface area is 155 Å². The largest absolute Gasteiger partial charge is 0.388 e. The molecule has 1 aliphatic heterocycles. The summed E-state index contributed by atoms with van der Waals surface area (Å²) in [5.74, 6) is 0.106. The molecular formula is C22H29NO3. The van der Waals surface area contributed by atoms with Gasteiger partial charge in [-0.1, -0.05) is 17.7 Å². The van der Waals surface area contributed by atoms with Crippen molar-refractivity contribution in [3.63, 3.8) is 0 Å². The van der Waals surface area contributed by atoms with Crippen LogP contribution in [0.3, 0.4) is 0 Å². The fraction of sp³-hybridized carbons (Fsp3) is 0.545. The number of ketones is 1. The topological polar surface area (TPSA) is 57.6 Å². The Bertz CT molecular complexity index is 734. The zero-order chi connectivity index (χ0) is 19.0. The molecule has 0 bridgehead atoms. The predicted molar refractivity (Wildman–Crippen MR) is 102 cm³/mol. The number of allylic oxidation sites excluding steroid dienone is 1. The minimum Gasteiger partial charge on any atom is -0.388 e. The zero-order valence-electron chi connectivity index (χ0n) is 16.2. The van der Waals surface area contributed by atoms with Crippen LogP contribution < -0.4 is 0 Å². The number of carbonyl (C=O) groups is 2. The van der Waals surface area contributed by atoms with Gasteiger partial charge in [-0.3, -0.25) is 9.59 Å². The number of amides is 1. The van der Waals surface area contributed by atoms with Gasteiger partial charge in [0.15, 0.2) is 5.78 Å². The summed E-state index contributed by atoms with van der Waals surface area (Å²) in [4.78, 5) is 26.0. The molecule has 3 rings (SSSR count). The van der Waals surface area contributed by atoms with Crippen LogP contribution in [0.5, 0.6) is 0 Å². The van der Waals surface area contributed by atoms with Crippen molar-refractivity contribution in [2.24, 2.45) is 5.92 Å². The maximum absolute atomic E-state index is 12.7. The van der Waals surface area contributed by atoms with Crippen LogP contribution in [0.1, 0.15) is 54.4 Å².